The third-order valence-electron chi connectivity index (χ3n) is 4.41. The highest BCUT2D eigenvalue weighted by Gasteiger charge is 2.18. The summed E-state index contributed by atoms with van der Waals surface area (Å²) in [7, 11) is 7.64. The van der Waals surface area contributed by atoms with Gasteiger partial charge in [0.25, 0.3) is 5.91 Å². The number of aromatic nitrogens is 2. The molecule has 1 N–H and O–H groups in total. The number of amides is 1. The van der Waals surface area contributed by atoms with E-state index in [9.17, 15) is 4.79 Å². The number of hydrogen-bond donors (Lipinski definition) is 1. The van der Waals surface area contributed by atoms with Crippen molar-refractivity contribution in [2.75, 3.05) is 40.9 Å². The molecule has 10 heteroatoms. The summed E-state index contributed by atoms with van der Waals surface area (Å²) in [5.41, 5.74) is 1.23. The van der Waals surface area contributed by atoms with Crippen molar-refractivity contribution in [2.24, 2.45) is 0 Å². The van der Waals surface area contributed by atoms with Crippen LogP contribution in [0, 0.1) is 0 Å². The maximum absolute atomic E-state index is 12.7. The highest BCUT2D eigenvalue weighted by Crippen LogP contribution is 2.38. The van der Waals surface area contributed by atoms with E-state index in [4.69, 9.17) is 23.7 Å². The summed E-state index contributed by atoms with van der Waals surface area (Å²) in [6, 6.07) is 8.70. The molecule has 2 aromatic carbocycles. The van der Waals surface area contributed by atoms with Crippen LogP contribution in [0.25, 0.3) is 12.2 Å². The summed E-state index contributed by atoms with van der Waals surface area (Å²) in [6.07, 6.45) is 3.67. The van der Waals surface area contributed by atoms with Crippen molar-refractivity contribution in [3.05, 3.63) is 46.5 Å². The van der Waals surface area contributed by atoms with E-state index in [-0.39, 0.29) is 5.91 Å². The Hall–Kier alpha value is -3.79. The van der Waals surface area contributed by atoms with Crippen LogP contribution in [0.2, 0.25) is 0 Å². The van der Waals surface area contributed by atoms with Crippen LogP contribution in [0.4, 0.5) is 5.13 Å². The molecule has 1 amide bonds. The van der Waals surface area contributed by atoms with Gasteiger partial charge in [-0.05, 0) is 35.9 Å². The highest BCUT2D eigenvalue weighted by molar-refractivity contribution is 7.16. The summed E-state index contributed by atoms with van der Waals surface area (Å²) < 4.78 is 26.4. The fourth-order valence-corrected chi connectivity index (χ4v) is 3.50. The van der Waals surface area contributed by atoms with E-state index in [2.05, 4.69) is 15.5 Å². The highest BCUT2D eigenvalue weighted by atomic mass is 32.1. The average Bonchev–Trinajstić information content (AvgIpc) is 3.28. The van der Waals surface area contributed by atoms with E-state index in [1.165, 1.54) is 32.7 Å². The second-order valence-corrected chi connectivity index (χ2v) is 7.27. The minimum absolute atomic E-state index is 0.331. The zero-order valence-electron chi connectivity index (χ0n) is 18.3. The SMILES string of the molecule is COc1ccc(/C=C/c2nnc(NC(=O)c3cc(OC)c(OC)c(OC)c3)s2)cc1OC. The molecule has 0 saturated carbocycles. The standard InChI is InChI=1S/C22H23N3O6S/c1-27-15-8-6-13(10-16(15)28-2)7-9-19-24-25-22(32-19)23-21(26)14-11-17(29-3)20(31-5)18(12-14)30-4/h6-12H,1-5H3,(H,23,25,26)/b9-7+. The van der Waals surface area contributed by atoms with Crippen molar-refractivity contribution in [1.82, 2.24) is 10.2 Å². The molecule has 3 rings (SSSR count). The van der Waals surface area contributed by atoms with Crippen molar-refractivity contribution in [3.63, 3.8) is 0 Å². The number of hydrogen-bond acceptors (Lipinski definition) is 9. The summed E-state index contributed by atoms with van der Waals surface area (Å²) in [4.78, 5) is 12.7. The normalized spacial score (nSPS) is 10.7. The van der Waals surface area contributed by atoms with Crippen molar-refractivity contribution in [2.45, 2.75) is 0 Å². The quantitative estimate of drug-likeness (QED) is 0.515. The van der Waals surface area contributed by atoms with Crippen molar-refractivity contribution < 1.29 is 28.5 Å². The van der Waals surface area contributed by atoms with E-state index < -0.39 is 0 Å². The fourth-order valence-electron chi connectivity index (χ4n) is 2.86. The van der Waals surface area contributed by atoms with Gasteiger partial charge < -0.3 is 23.7 Å². The Morgan fingerprint density at radius 3 is 2.06 bits per heavy atom. The molecule has 0 aliphatic carbocycles. The third-order valence-corrected chi connectivity index (χ3v) is 5.22. The van der Waals surface area contributed by atoms with Gasteiger partial charge in [0.2, 0.25) is 10.9 Å². The van der Waals surface area contributed by atoms with Crippen LogP contribution in [0.3, 0.4) is 0 Å². The van der Waals surface area contributed by atoms with E-state index in [0.717, 1.165) is 5.56 Å². The first-order valence-corrected chi connectivity index (χ1v) is 10.2. The van der Waals surface area contributed by atoms with Gasteiger partial charge >= 0.3 is 0 Å². The first kappa shape index (κ1) is 22.9. The Bertz CT molecular complexity index is 1100. The summed E-state index contributed by atoms with van der Waals surface area (Å²) >= 11 is 1.24. The molecule has 3 aromatic rings. The first-order valence-electron chi connectivity index (χ1n) is 9.37. The number of carbonyl (C=O) groups excluding carboxylic acids is 1. The Labute approximate surface area is 189 Å². The van der Waals surface area contributed by atoms with E-state index in [1.54, 1.807) is 32.4 Å². The summed E-state index contributed by atoms with van der Waals surface area (Å²) in [6.45, 7) is 0. The second kappa shape index (κ2) is 10.5. The molecule has 0 aliphatic heterocycles. The summed E-state index contributed by atoms with van der Waals surface area (Å²) in [5, 5.41) is 11.8. The van der Waals surface area contributed by atoms with Gasteiger partial charge in [-0.3, -0.25) is 10.1 Å². The van der Waals surface area contributed by atoms with Crippen LogP contribution in [0.5, 0.6) is 28.7 Å². The molecule has 0 atom stereocenters. The minimum Gasteiger partial charge on any atom is -0.493 e. The van der Waals surface area contributed by atoms with Gasteiger partial charge in [-0.2, -0.15) is 0 Å². The lowest BCUT2D eigenvalue weighted by molar-refractivity contribution is 0.102. The first-order chi connectivity index (χ1) is 15.5. The van der Waals surface area contributed by atoms with Gasteiger partial charge in [0.05, 0.1) is 35.5 Å². The predicted octanol–water partition coefficient (Wildman–Crippen LogP) is 4.00. The van der Waals surface area contributed by atoms with Crippen LogP contribution in [0.1, 0.15) is 20.9 Å². The van der Waals surface area contributed by atoms with Crippen LogP contribution < -0.4 is 29.0 Å². The summed E-state index contributed by atoms with van der Waals surface area (Å²) in [5.74, 6) is 2.07. The van der Waals surface area contributed by atoms with Gasteiger partial charge in [-0.25, -0.2) is 0 Å². The lowest BCUT2D eigenvalue weighted by Gasteiger charge is -2.13. The predicted molar refractivity (Wildman–Crippen MR) is 122 cm³/mol. The van der Waals surface area contributed by atoms with Gasteiger partial charge in [0.1, 0.15) is 5.01 Å². The molecule has 0 spiro atoms. The van der Waals surface area contributed by atoms with E-state index in [1.807, 2.05) is 24.3 Å². The van der Waals surface area contributed by atoms with Crippen LogP contribution in [0.15, 0.2) is 30.3 Å². The Balaban J connectivity index is 1.74. The zero-order valence-corrected chi connectivity index (χ0v) is 19.1. The molecule has 0 saturated heterocycles. The number of carbonyl (C=O) groups is 1. The molecule has 1 aromatic heterocycles. The fraction of sp³-hybridized carbons (Fsp3) is 0.227. The topological polar surface area (TPSA) is 101 Å². The molecule has 1 heterocycles. The minimum atomic E-state index is -0.379. The van der Waals surface area contributed by atoms with Gasteiger partial charge in [-0.1, -0.05) is 23.5 Å². The zero-order chi connectivity index (χ0) is 23.1. The lowest BCUT2D eigenvalue weighted by Crippen LogP contribution is -2.12. The molecule has 0 unspecified atom stereocenters. The molecule has 0 radical (unpaired) electrons. The average molecular weight is 458 g/mol. The van der Waals surface area contributed by atoms with Crippen molar-refractivity contribution in [3.8, 4) is 28.7 Å². The van der Waals surface area contributed by atoms with Gasteiger partial charge in [0.15, 0.2) is 23.0 Å². The molecule has 9 nitrogen and oxygen atoms in total. The molecule has 0 aliphatic rings. The van der Waals surface area contributed by atoms with Crippen molar-refractivity contribution >= 4 is 34.5 Å². The van der Waals surface area contributed by atoms with Gasteiger partial charge in [-0.15, -0.1) is 10.2 Å². The molecular weight excluding hydrogens is 434 g/mol. The van der Waals surface area contributed by atoms with Crippen LogP contribution >= 0.6 is 11.3 Å². The molecule has 168 valence electrons. The maximum atomic E-state index is 12.7. The number of ether oxygens (including phenoxy) is 5. The van der Waals surface area contributed by atoms with Crippen LogP contribution in [-0.4, -0.2) is 51.7 Å². The maximum Gasteiger partial charge on any atom is 0.257 e. The van der Waals surface area contributed by atoms with Gasteiger partial charge in [0, 0.05) is 5.56 Å². The Morgan fingerprint density at radius 1 is 0.812 bits per heavy atom. The largest absolute Gasteiger partial charge is 0.493 e. The number of nitrogens with one attached hydrogen (secondary N) is 1. The lowest BCUT2D eigenvalue weighted by atomic mass is 10.1. The third kappa shape index (κ3) is 5.09. The van der Waals surface area contributed by atoms with Crippen molar-refractivity contribution in [1.29, 1.82) is 0 Å². The Morgan fingerprint density at radius 2 is 1.47 bits per heavy atom. The molecular formula is C22H23N3O6S. The van der Waals surface area contributed by atoms with E-state index >= 15 is 0 Å². The molecule has 0 bridgehead atoms. The number of nitrogens with zero attached hydrogens (tertiary/aromatic N) is 2. The monoisotopic (exact) mass is 457 g/mol. The molecule has 0 fully saturated rings. The molecule has 32 heavy (non-hydrogen) atoms. The number of anilines is 1. The second-order valence-electron chi connectivity index (χ2n) is 6.26. The smallest absolute Gasteiger partial charge is 0.257 e. The number of methoxy groups -OCH3 is 5. The number of benzene rings is 2. The Kier molecular flexibility index (Phi) is 7.50. The number of rotatable bonds is 9. The van der Waals surface area contributed by atoms with Crippen LogP contribution in [-0.2, 0) is 0 Å². The van der Waals surface area contributed by atoms with E-state index in [0.29, 0.717) is 44.5 Å².